The van der Waals surface area contributed by atoms with Crippen LogP contribution < -0.4 is 5.73 Å². The number of hydrogen-bond donors (Lipinski definition) is 1. The van der Waals surface area contributed by atoms with Gasteiger partial charge in [0, 0.05) is 5.02 Å². The highest BCUT2D eigenvalue weighted by atomic mass is 35.5. The monoisotopic (exact) mass is 263 g/mol. The Hall–Kier alpha value is -1.20. The average Bonchev–Trinajstić information content (AvgIpc) is 2.23. The fourth-order valence-corrected chi connectivity index (χ4v) is 1.59. The molecule has 1 rings (SSSR count). The zero-order valence-electron chi connectivity index (χ0n) is 8.91. The molecule has 0 bridgehead atoms. The molecule has 0 aliphatic carbocycles. The van der Waals surface area contributed by atoms with Crippen LogP contribution in [0.15, 0.2) is 24.3 Å². The van der Waals surface area contributed by atoms with E-state index in [2.05, 4.69) is 4.74 Å². The number of hydrogen-bond acceptors (Lipinski definition) is 2. The van der Waals surface area contributed by atoms with Crippen LogP contribution in [-0.4, -0.2) is 19.1 Å². The minimum Gasteiger partial charge on any atom is -0.369 e. The molecule has 3 nitrogen and oxygen atoms in total. The third kappa shape index (κ3) is 5.10. The summed E-state index contributed by atoms with van der Waals surface area (Å²) in [5, 5.41) is 0.514. The van der Waals surface area contributed by atoms with E-state index in [9.17, 15) is 13.6 Å². The van der Waals surface area contributed by atoms with Gasteiger partial charge in [0.05, 0.1) is 12.5 Å². The maximum absolute atomic E-state index is 11.9. The topological polar surface area (TPSA) is 52.3 Å². The molecule has 0 aliphatic heterocycles. The molecule has 1 unspecified atom stereocenters. The second-order valence-electron chi connectivity index (χ2n) is 3.53. The van der Waals surface area contributed by atoms with Crippen molar-refractivity contribution in [3.63, 3.8) is 0 Å². The highest BCUT2D eigenvalue weighted by Gasteiger charge is 2.18. The summed E-state index contributed by atoms with van der Waals surface area (Å²) >= 11 is 5.77. The lowest BCUT2D eigenvalue weighted by atomic mass is 10.00. The van der Waals surface area contributed by atoms with Crippen LogP contribution in [0.2, 0.25) is 5.02 Å². The number of amides is 1. The first kappa shape index (κ1) is 13.9. The molecule has 6 heteroatoms. The van der Waals surface area contributed by atoms with Crippen molar-refractivity contribution in [3.8, 4) is 0 Å². The number of benzene rings is 1. The van der Waals surface area contributed by atoms with E-state index in [1.807, 2.05) is 0 Å². The zero-order chi connectivity index (χ0) is 12.8. The molecule has 1 atom stereocenters. The Morgan fingerprint density at radius 3 is 2.71 bits per heavy atom. The Bertz CT molecular complexity index is 387. The average molecular weight is 264 g/mol. The molecule has 0 saturated heterocycles. The van der Waals surface area contributed by atoms with Crippen molar-refractivity contribution < 1.29 is 18.3 Å². The van der Waals surface area contributed by atoms with E-state index in [0.717, 1.165) is 5.56 Å². The normalized spacial score (nSPS) is 12.7. The number of carbonyl (C=O) groups excluding carboxylic acids is 1. The molecule has 1 amide bonds. The molecule has 94 valence electrons. The van der Waals surface area contributed by atoms with Crippen LogP contribution in [-0.2, 0) is 16.0 Å². The molecule has 0 spiro atoms. The molecule has 0 heterocycles. The van der Waals surface area contributed by atoms with Crippen LogP contribution >= 0.6 is 11.6 Å². The Morgan fingerprint density at radius 1 is 1.47 bits per heavy atom. The number of halogens is 3. The zero-order valence-corrected chi connectivity index (χ0v) is 9.66. The lowest BCUT2D eigenvalue weighted by molar-refractivity contribution is -0.146. The van der Waals surface area contributed by atoms with E-state index < -0.39 is 25.0 Å². The molecule has 0 radical (unpaired) electrons. The van der Waals surface area contributed by atoms with Crippen LogP contribution in [0.4, 0.5) is 8.78 Å². The van der Waals surface area contributed by atoms with E-state index in [0.29, 0.717) is 5.02 Å². The summed E-state index contributed by atoms with van der Waals surface area (Å²) in [5.74, 6) is -1.46. The first-order valence-corrected chi connectivity index (χ1v) is 5.30. The summed E-state index contributed by atoms with van der Waals surface area (Å²) in [6.07, 6.45) is 0.225. The van der Waals surface area contributed by atoms with Crippen LogP contribution in [0.3, 0.4) is 0 Å². The Balaban J connectivity index is 2.63. The van der Waals surface area contributed by atoms with Crippen molar-refractivity contribution in [1.29, 1.82) is 0 Å². The van der Waals surface area contributed by atoms with Gasteiger partial charge in [0.1, 0.15) is 0 Å². The number of alkyl halides is 2. The molecule has 0 aliphatic rings. The van der Waals surface area contributed by atoms with Gasteiger partial charge >= 0.3 is 6.61 Å². The largest absolute Gasteiger partial charge is 0.369 e. The maximum Gasteiger partial charge on any atom is 0.345 e. The summed E-state index contributed by atoms with van der Waals surface area (Å²) < 4.78 is 27.8. The van der Waals surface area contributed by atoms with Gasteiger partial charge in [0.25, 0.3) is 0 Å². The second-order valence-corrected chi connectivity index (χ2v) is 3.96. The van der Waals surface area contributed by atoms with Gasteiger partial charge in [-0.3, -0.25) is 4.79 Å². The number of nitrogens with two attached hydrogens (primary N) is 1. The Labute approximate surface area is 103 Å². The molecular formula is C11H12ClF2NO2. The van der Waals surface area contributed by atoms with Crippen molar-refractivity contribution in [2.45, 2.75) is 13.0 Å². The molecule has 17 heavy (non-hydrogen) atoms. The molecule has 1 aromatic rings. The quantitative estimate of drug-likeness (QED) is 0.856. The van der Waals surface area contributed by atoms with Crippen molar-refractivity contribution in [1.82, 2.24) is 0 Å². The summed E-state index contributed by atoms with van der Waals surface area (Å²) in [4.78, 5) is 11.1. The van der Waals surface area contributed by atoms with Gasteiger partial charge in [-0.05, 0) is 24.1 Å². The van der Waals surface area contributed by atoms with Crippen LogP contribution in [0.1, 0.15) is 5.56 Å². The Kier molecular flexibility index (Phi) is 5.31. The van der Waals surface area contributed by atoms with E-state index >= 15 is 0 Å². The van der Waals surface area contributed by atoms with Crippen molar-refractivity contribution >= 4 is 17.5 Å². The highest BCUT2D eigenvalue weighted by Crippen LogP contribution is 2.15. The van der Waals surface area contributed by atoms with Gasteiger partial charge < -0.3 is 10.5 Å². The van der Waals surface area contributed by atoms with E-state index in [1.54, 1.807) is 24.3 Å². The Morgan fingerprint density at radius 2 is 2.18 bits per heavy atom. The maximum atomic E-state index is 11.9. The van der Waals surface area contributed by atoms with Gasteiger partial charge in [-0.25, -0.2) is 0 Å². The fourth-order valence-electron chi connectivity index (χ4n) is 1.38. The predicted octanol–water partition coefficient (Wildman–Crippen LogP) is 2.22. The first-order chi connectivity index (χ1) is 7.99. The van der Waals surface area contributed by atoms with Gasteiger partial charge in [0.2, 0.25) is 5.91 Å². The number of rotatable bonds is 6. The number of carbonyl (C=O) groups is 1. The van der Waals surface area contributed by atoms with Gasteiger partial charge in [0.15, 0.2) is 0 Å². The van der Waals surface area contributed by atoms with Crippen LogP contribution in [0.25, 0.3) is 0 Å². The van der Waals surface area contributed by atoms with E-state index in [1.165, 1.54) is 0 Å². The number of primary amides is 1. The van der Waals surface area contributed by atoms with Crippen molar-refractivity contribution in [2.24, 2.45) is 11.7 Å². The first-order valence-electron chi connectivity index (χ1n) is 4.92. The molecule has 0 saturated carbocycles. The van der Waals surface area contributed by atoms with Gasteiger partial charge in [-0.15, -0.1) is 0 Å². The van der Waals surface area contributed by atoms with E-state index in [-0.39, 0.29) is 6.42 Å². The summed E-state index contributed by atoms with van der Waals surface area (Å²) in [6, 6.07) is 6.79. The highest BCUT2D eigenvalue weighted by molar-refractivity contribution is 6.30. The lowest BCUT2D eigenvalue weighted by Crippen LogP contribution is -2.29. The van der Waals surface area contributed by atoms with E-state index in [4.69, 9.17) is 17.3 Å². The summed E-state index contributed by atoms with van der Waals surface area (Å²) in [5.41, 5.74) is 5.86. The summed E-state index contributed by atoms with van der Waals surface area (Å²) in [7, 11) is 0. The van der Waals surface area contributed by atoms with Crippen LogP contribution in [0, 0.1) is 5.92 Å². The smallest absolute Gasteiger partial charge is 0.345 e. The van der Waals surface area contributed by atoms with Gasteiger partial charge in [-0.2, -0.15) is 8.78 Å². The second kappa shape index (κ2) is 6.51. The fraction of sp³-hybridized carbons (Fsp3) is 0.364. The number of ether oxygens (including phenoxy) is 1. The molecular weight excluding hydrogens is 252 g/mol. The minimum absolute atomic E-state index is 0.225. The molecule has 2 N–H and O–H groups in total. The minimum atomic E-state index is -2.91. The lowest BCUT2D eigenvalue weighted by Gasteiger charge is -2.13. The SMILES string of the molecule is NC(=O)C(COC(F)F)Cc1cccc(Cl)c1. The third-order valence-corrected chi connectivity index (χ3v) is 2.43. The van der Waals surface area contributed by atoms with Crippen molar-refractivity contribution in [2.75, 3.05) is 6.61 Å². The summed E-state index contributed by atoms with van der Waals surface area (Å²) in [6.45, 7) is -3.31. The van der Waals surface area contributed by atoms with Gasteiger partial charge in [-0.1, -0.05) is 23.7 Å². The molecule has 1 aromatic carbocycles. The predicted molar refractivity (Wildman–Crippen MR) is 59.8 cm³/mol. The standard InChI is InChI=1S/C11H12ClF2NO2/c12-9-3-1-2-7(5-9)4-8(10(15)16)6-17-11(13)14/h1-3,5,8,11H,4,6H2,(H2,15,16). The van der Waals surface area contributed by atoms with Crippen molar-refractivity contribution in [3.05, 3.63) is 34.9 Å². The molecule has 0 fully saturated rings. The molecule has 0 aromatic heterocycles. The third-order valence-electron chi connectivity index (χ3n) is 2.20. The van der Waals surface area contributed by atoms with Crippen LogP contribution in [0.5, 0.6) is 0 Å².